The van der Waals surface area contributed by atoms with Crippen LogP contribution in [0.3, 0.4) is 0 Å². The van der Waals surface area contributed by atoms with Crippen molar-refractivity contribution in [3.63, 3.8) is 0 Å². The maximum Gasteiger partial charge on any atom is 0.249 e. The van der Waals surface area contributed by atoms with E-state index in [4.69, 9.17) is 0 Å². The van der Waals surface area contributed by atoms with Crippen LogP contribution in [0.5, 0.6) is 0 Å². The van der Waals surface area contributed by atoms with Crippen LogP contribution in [0, 0.1) is 0 Å². The molecule has 0 saturated carbocycles. The SMILES string of the molecule is O=C([C@@H]1CS[C@H](c2cccnc2)N1)n1ccc2ccccc21. The van der Waals surface area contributed by atoms with Crippen LogP contribution in [0.2, 0.25) is 0 Å². The number of nitrogens with zero attached hydrogens (tertiary/aromatic N) is 2. The maximum absolute atomic E-state index is 12.8. The first-order valence-electron chi connectivity index (χ1n) is 7.21. The predicted octanol–water partition coefficient (Wildman–Crippen LogP) is 3.08. The lowest BCUT2D eigenvalue weighted by Crippen LogP contribution is -2.37. The van der Waals surface area contributed by atoms with Gasteiger partial charge in [-0.05, 0) is 23.8 Å². The van der Waals surface area contributed by atoms with Gasteiger partial charge in [0, 0.05) is 29.7 Å². The van der Waals surface area contributed by atoms with Crippen molar-refractivity contribution < 1.29 is 4.79 Å². The molecule has 2 atom stereocenters. The molecular weight excluding hydrogens is 294 g/mol. The smallest absolute Gasteiger partial charge is 0.249 e. The Bertz CT molecular complexity index is 815. The van der Waals surface area contributed by atoms with E-state index in [1.807, 2.05) is 54.9 Å². The normalized spacial score (nSPS) is 21.3. The van der Waals surface area contributed by atoms with Gasteiger partial charge in [0.25, 0.3) is 0 Å². The number of hydrogen-bond donors (Lipinski definition) is 1. The molecule has 1 aromatic carbocycles. The number of fused-ring (bicyclic) bond motifs is 1. The Labute approximate surface area is 132 Å². The third-order valence-electron chi connectivity index (χ3n) is 3.90. The van der Waals surface area contributed by atoms with E-state index in [0.29, 0.717) is 0 Å². The Balaban J connectivity index is 1.57. The minimum atomic E-state index is -0.175. The highest BCUT2D eigenvalue weighted by molar-refractivity contribution is 7.99. The van der Waals surface area contributed by atoms with Crippen LogP contribution in [0.25, 0.3) is 10.9 Å². The van der Waals surface area contributed by atoms with Gasteiger partial charge in [0.05, 0.1) is 16.9 Å². The van der Waals surface area contributed by atoms with Gasteiger partial charge in [-0.15, -0.1) is 11.8 Å². The molecule has 22 heavy (non-hydrogen) atoms. The predicted molar refractivity (Wildman–Crippen MR) is 88.9 cm³/mol. The van der Waals surface area contributed by atoms with Crippen molar-refractivity contribution in [1.29, 1.82) is 0 Å². The quantitative estimate of drug-likeness (QED) is 0.790. The Morgan fingerprint density at radius 1 is 1.23 bits per heavy atom. The fourth-order valence-corrected chi connectivity index (χ4v) is 4.00. The topological polar surface area (TPSA) is 46.9 Å². The number of hydrogen-bond acceptors (Lipinski definition) is 4. The van der Waals surface area contributed by atoms with Gasteiger partial charge < -0.3 is 0 Å². The molecule has 4 rings (SSSR count). The minimum absolute atomic E-state index is 0.0973. The van der Waals surface area contributed by atoms with Crippen LogP contribution >= 0.6 is 11.8 Å². The van der Waals surface area contributed by atoms with Gasteiger partial charge in [0.2, 0.25) is 5.91 Å². The highest BCUT2D eigenvalue weighted by atomic mass is 32.2. The van der Waals surface area contributed by atoms with E-state index in [1.165, 1.54) is 0 Å². The molecule has 1 fully saturated rings. The summed E-state index contributed by atoms with van der Waals surface area (Å²) in [6, 6.07) is 13.7. The monoisotopic (exact) mass is 309 g/mol. The van der Waals surface area contributed by atoms with Crippen molar-refractivity contribution in [3.8, 4) is 0 Å². The van der Waals surface area contributed by atoms with Crippen molar-refractivity contribution in [2.45, 2.75) is 11.4 Å². The van der Waals surface area contributed by atoms with Gasteiger partial charge in [-0.1, -0.05) is 24.3 Å². The summed E-state index contributed by atoms with van der Waals surface area (Å²) >= 11 is 1.75. The Hall–Kier alpha value is -2.11. The second-order valence-electron chi connectivity index (χ2n) is 5.30. The van der Waals surface area contributed by atoms with Crippen molar-refractivity contribution in [2.75, 3.05) is 5.75 Å². The summed E-state index contributed by atoms with van der Waals surface area (Å²) in [5.41, 5.74) is 2.07. The van der Waals surface area contributed by atoms with Gasteiger partial charge in [-0.2, -0.15) is 0 Å². The molecule has 5 heteroatoms. The zero-order valence-corrected chi connectivity index (χ0v) is 12.7. The summed E-state index contributed by atoms with van der Waals surface area (Å²) < 4.78 is 1.75. The number of benzene rings is 1. The lowest BCUT2D eigenvalue weighted by Gasteiger charge is -2.13. The van der Waals surface area contributed by atoms with Crippen molar-refractivity contribution in [3.05, 3.63) is 66.6 Å². The largest absolute Gasteiger partial charge is 0.290 e. The molecule has 0 amide bonds. The first-order chi connectivity index (χ1) is 10.8. The first kappa shape index (κ1) is 13.5. The van der Waals surface area contributed by atoms with Gasteiger partial charge >= 0.3 is 0 Å². The highest BCUT2D eigenvalue weighted by Gasteiger charge is 2.31. The van der Waals surface area contributed by atoms with Gasteiger partial charge in [0.15, 0.2) is 0 Å². The average Bonchev–Trinajstić information content (AvgIpc) is 3.22. The van der Waals surface area contributed by atoms with E-state index in [0.717, 1.165) is 22.2 Å². The Morgan fingerprint density at radius 3 is 3.00 bits per heavy atom. The molecule has 2 aromatic heterocycles. The van der Waals surface area contributed by atoms with E-state index in [-0.39, 0.29) is 17.3 Å². The number of nitrogens with one attached hydrogen (secondary N) is 1. The van der Waals surface area contributed by atoms with E-state index < -0.39 is 0 Å². The third kappa shape index (κ3) is 2.32. The lowest BCUT2D eigenvalue weighted by molar-refractivity contribution is 0.0879. The highest BCUT2D eigenvalue weighted by Crippen LogP contribution is 2.33. The molecule has 0 bridgehead atoms. The number of carbonyl (C=O) groups is 1. The van der Waals surface area contributed by atoms with Gasteiger partial charge in [-0.25, -0.2) is 0 Å². The number of rotatable bonds is 2. The Kier molecular flexibility index (Phi) is 3.44. The molecule has 3 aromatic rings. The van der Waals surface area contributed by atoms with Crippen LogP contribution in [0.15, 0.2) is 61.1 Å². The summed E-state index contributed by atoms with van der Waals surface area (Å²) in [6.45, 7) is 0. The van der Waals surface area contributed by atoms with Crippen molar-refractivity contribution >= 4 is 28.6 Å². The molecule has 1 aliphatic heterocycles. The zero-order valence-electron chi connectivity index (χ0n) is 11.8. The average molecular weight is 309 g/mol. The molecule has 110 valence electrons. The number of carbonyl (C=O) groups excluding carboxylic acids is 1. The van der Waals surface area contributed by atoms with Crippen LogP contribution in [-0.4, -0.2) is 27.3 Å². The van der Waals surface area contributed by atoms with Crippen molar-refractivity contribution in [2.24, 2.45) is 0 Å². The molecule has 0 radical (unpaired) electrons. The lowest BCUT2D eigenvalue weighted by atomic mass is 10.2. The summed E-state index contributed by atoms with van der Waals surface area (Å²) in [6.07, 6.45) is 5.47. The molecule has 0 aliphatic carbocycles. The van der Waals surface area contributed by atoms with Crippen LogP contribution in [0.1, 0.15) is 15.7 Å². The number of aromatic nitrogens is 2. The fraction of sp³-hybridized carbons (Fsp3) is 0.176. The third-order valence-corrected chi connectivity index (χ3v) is 5.17. The van der Waals surface area contributed by atoms with Gasteiger partial charge in [0.1, 0.15) is 0 Å². The molecule has 4 nitrogen and oxygen atoms in total. The van der Waals surface area contributed by atoms with Crippen LogP contribution < -0.4 is 5.32 Å². The molecule has 1 saturated heterocycles. The number of pyridine rings is 1. The maximum atomic E-state index is 12.8. The van der Waals surface area contributed by atoms with E-state index in [1.54, 1.807) is 22.5 Å². The summed E-state index contributed by atoms with van der Waals surface area (Å²) in [4.78, 5) is 16.9. The fourth-order valence-electron chi connectivity index (χ4n) is 2.78. The van der Waals surface area contributed by atoms with E-state index >= 15 is 0 Å². The summed E-state index contributed by atoms with van der Waals surface area (Å²) in [5.74, 6) is 0.866. The minimum Gasteiger partial charge on any atom is -0.290 e. The Morgan fingerprint density at radius 2 is 2.14 bits per heavy atom. The summed E-state index contributed by atoms with van der Waals surface area (Å²) in [5, 5.41) is 4.63. The number of thioether (sulfide) groups is 1. The second kappa shape index (κ2) is 5.59. The van der Waals surface area contributed by atoms with E-state index in [2.05, 4.69) is 10.3 Å². The van der Waals surface area contributed by atoms with E-state index in [9.17, 15) is 4.79 Å². The second-order valence-corrected chi connectivity index (χ2v) is 6.44. The van der Waals surface area contributed by atoms with Gasteiger partial charge in [-0.3, -0.25) is 19.7 Å². The standard InChI is InChI=1S/C17H15N3OS/c21-17(20-9-7-12-4-1-2-6-15(12)20)14-11-22-16(19-14)13-5-3-8-18-10-13/h1-10,14,16,19H,11H2/t14-,16+/m0/s1. The molecule has 3 heterocycles. The molecule has 1 aliphatic rings. The van der Waals surface area contributed by atoms with Crippen LogP contribution in [0.4, 0.5) is 0 Å². The van der Waals surface area contributed by atoms with Crippen LogP contribution in [-0.2, 0) is 0 Å². The number of para-hydroxylation sites is 1. The molecule has 1 N–H and O–H groups in total. The molecule has 0 unspecified atom stereocenters. The first-order valence-corrected chi connectivity index (χ1v) is 8.26. The summed E-state index contributed by atoms with van der Waals surface area (Å²) in [7, 11) is 0. The molecular formula is C17H15N3OS. The molecule has 0 spiro atoms. The van der Waals surface area contributed by atoms with Crippen molar-refractivity contribution in [1.82, 2.24) is 14.9 Å². The zero-order chi connectivity index (χ0) is 14.9.